The molecule has 1 saturated heterocycles. The van der Waals surface area contributed by atoms with Crippen LogP contribution >= 0.6 is 0 Å². The second kappa shape index (κ2) is 5.86. The fraction of sp³-hybridized carbons (Fsp3) is 0.812. The monoisotopic (exact) mass is 276 g/mol. The quantitative estimate of drug-likeness (QED) is 0.892. The van der Waals surface area contributed by atoms with Gasteiger partial charge in [-0.1, -0.05) is 12.8 Å². The molecule has 0 amide bonds. The van der Waals surface area contributed by atoms with Crippen LogP contribution < -0.4 is 5.32 Å². The van der Waals surface area contributed by atoms with Crippen LogP contribution in [0, 0.1) is 0 Å². The number of hydrogen-bond donors (Lipinski definition) is 1. The smallest absolute Gasteiger partial charge is 0.0522 e. The van der Waals surface area contributed by atoms with Crippen LogP contribution in [0.5, 0.6) is 0 Å². The maximum absolute atomic E-state index is 4.33. The summed E-state index contributed by atoms with van der Waals surface area (Å²) in [5.74, 6) is 0. The first-order valence-corrected chi connectivity index (χ1v) is 8.14. The molecular formula is C16H28N4. The van der Waals surface area contributed by atoms with Gasteiger partial charge >= 0.3 is 0 Å². The third-order valence-corrected chi connectivity index (χ3v) is 5.40. The van der Waals surface area contributed by atoms with E-state index in [1.807, 2.05) is 17.9 Å². The minimum Gasteiger partial charge on any atom is -0.315 e. The summed E-state index contributed by atoms with van der Waals surface area (Å²) < 4.78 is 1.92. The minimum absolute atomic E-state index is 0.390. The summed E-state index contributed by atoms with van der Waals surface area (Å²) in [5.41, 5.74) is 1.75. The minimum atomic E-state index is 0.390. The number of hydrogen-bond acceptors (Lipinski definition) is 3. The van der Waals surface area contributed by atoms with Crippen molar-refractivity contribution >= 4 is 0 Å². The van der Waals surface area contributed by atoms with E-state index in [0.717, 1.165) is 6.42 Å². The first-order chi connectivity index (χ1) is 9.74. The van der Waals surface area contributed by atoms with Crippen molar-refractivity contribution in [3.8, 4) is 0 Å². The molecule has 0 aromatic carbocycles. The summed E-state index contributed by atoms with van der Waals surface area (Å²) >= 11 is 0. The lowest BCUT2D eigenvalue weighted by molar-refractivity contribution is 0.0798. The molecule has 1 N–H and O–H groups in total. The van der Waals surface area contributed by atoms with E-state index < -0.39 is 0 Å². The van der Waals surface area contributed by atoms with E-state index in [9.17, 15) is 0 Å². The molecule has 1 aromatic rings. The first-order valence-electron chi connectivity index (χ1n) is 8.14. The number of aryl methyl sites for hydroxylation is 1. The van der Waals surface area contributed by atoms with Crippen molar-refractivity contribution in [1.82, 2.24) is 20.0 Å². The van der Waals surface area contributed by atoms with Gasteiger partial charge in [-0.3, -0.25) is 9.58 Å². The van der Waals surface area contributed by atoms with E-state index in [1.54, 1.807) is 0 Å². The van der Waals surface area contributed by atoms with Gasteiger partial charge in [0.05, 0.1) is 6.20 Å². The van der Waals surface area contributed by atoms with Crippen LogP contribution in [-0.2, 0) is 13.5 Å². The van der Waals surface area contributed by atoms with Crippen LogP contribution in [-0.4, -0.2) is 46.4 Å². The molecule has 1 unspecified atom stereocenters. The van der Waals surface area contributed by atoms with Crippen molar-refractivity contribution in [2.75, 3.05) is 20.1 Å². The molecule has 2 aliphatic rings. The Morgan fingerprint density at radius 3 is 2.50 bits per heavy atom. The van der Waals surface area contributed by atoms with Gasteiger partial charge in [-0.15, -0.1) is 0 Å². The average Bonchev–Trinajstić information content (AvgIpc) is 3.17. The molecule has 1 saturated carbocycles. The molecule has 20 heavy (non-hydrogen) atoms. The second-order valence-corrected chi connectivity index (χ2v) is 6.57. The normalized spacial score (nSPS) is 24.3. The number of aromatic nitrogens is 2. The van der Waals surface area contributed by atoms with Gasteiger partial charge in [-0.05, 0) is 57.8 Å². The highest BCUT2D eigenvalue weighted by atomic mass is 15.3. The lowest BCUT2D eigenvalue weighted by Crippen LogP contribution is -2.59. The Labute approximate surface area is 122 Å². The summed E-state index contributed by atoms with van der Waals surface area (Å²) in [6.07, 6.45) is 13.5. The van der Waals surface area contributed by atoms with E-state index in [-0.39, 0.29) is 0 Å². The van der Waals surface area contributed by atoms with E-state index in [0.29, 0.717) is 11.6 Å². The van der Waals surface area contributed by atoms with Gasteiger partial charge in [0.2, 0.25) is 0 Å². The Hall–Kier alpha value is -0.870. The van der Waals surface area contributed by atoms with Crippen LogP contribution in [0.15, 0.2) is 12.4 Å². The zero-order chi connectivity index (χ0) is 14.0. The fourth-order valence-corrected chi connectivity index (χ4v) is 4.41. The van der Waals surface area contributed by atoms with Crippen LogP contribution in [0.4, 0.5) is 0 Å². The van der Waals surface area contributed by atoms with Gasteiger partial charge in [-0.25, -0.2) is 0 Å². The van der Waals surface area contributed by atoms with Gasteiger partial charge in [0.25, 0.3) is 0 Å². The topological polar surface area (TPSA) is 33.1 Å². The Kier molecular flexibility index (Phi) is 4.13. The van der Waals surface area contributed by atoms with Crippen molar-refractivity contribution in [2.24, 2.45) is 7.05 Å². The summed E-state index contributed by atoms with van der Waals surface area (Å²) in [6.45, 7) is 2.59. The fourth-order valence-electron chi connectivity index (χ4n) is 4.41. The Bertz CT molecular complexity index is 427. The largest absolute Gasteiger partial charge is 0.315 e. The Morgan fingerprint density at radius 2 is 1.95 bits per heavy atom. The molecule has 4 heteroatoms. The third kappa shape index (κ3) is 2.51. The van der Waals surface area contributed by atoms with Crippen molar-refractivity contribution in [3.05, 3.63) is 18.0 Å². The van der Waals surface area contributed by atoms with E-state index in [4.69, 9.17) is 0 Å². The number of likely N-dealkylation sites (tertiary alicyclic amines) is 1. The SMILES string of the molecule is CNC(Cc1cnn(C)c1)C1(N2CCCC2)CCCC1. The average molecular weight is 276 g/mol. The summed E-state index contributed by atoms with van der Waals surface area (Å²) in [5, 5.41) is 7.97. The molecule has 112 valence electrons. The van der Waals surface area contributed by atoms with Crippen LogP contribution in [0.3, 0.4) is 0 Å². The molecular weight excluding hydrogens is 248 g/mol. The van der Waals surface area contributed by atoms with Crippen molar-refractivity contribution < 1.29 is 0 Å². The lowest BCUT2D eigenvalue weighted by Gasteiger charge is -2.45. The molecule has 2 fully saturated rings. The summed E-state index contributed by atoms with van der Waals surface area (Å²) in [6, 6.07) is 0.548. The highest BCUT2D eigenvalue weighted by Crippen LogP contribution is 2.40. The van der Waals surface area contributed by atoms with Gasteiger partial charge in [0.15, 0.2) is 0 Å². The standard InChI is InChI=1S/C16H28N4/c1-17-15(11-14-12-18-19(2)13-14)16(7-3-4-8-16)20-9-5-6-10-20/h12-13,15,17H,3-11H2,1-2H3. The summed E-state index contributed by atoms with van der Waals surface area (Å²) in [4.78, 5) is 2.79. The molecule has 0 bridgehead atoms. The van der Waals surface area contributed by atoms with Crippen LogP contribution in [0.1, 0.15) is 44.1 Å². The van der Waals surface area contributed by atoms with Gasteiger partial charge in [0.1, 0.15) is 0 Å². The zero-order valence-corrected chi connectivity index (χ0v) is 12.9. The van der Waals surface area contributed by atoms with Gasteiger partial charge in [-0.2, -0.15) is 5.10 Å². The molecule has 4 nitrogen and oxygen atoms in total. The van der Waals surface area contributed by atoms with Crippen molar-refractivity contribution in [3.63, 3.8) is 0 Å². The van der Waals surface area contributed by atoms with E-state index in [2.05, 4.69) is 28.6 Å². The molecule has 3 rings (SSSR count). The maximum atomic E-state index is 4.33. The van der Waals surface area contributed by atoms with Gasteiger partial charge < -0.3 is 5.32 Å². The molecule has 2 heterocycles. The first kappa shape index (κ1) is 14.1. The maximum Gasteiger partial charge on any atom is 0.0522 e. The molecule has 0 spiro atoms. The number of rotatable bonds is 5. The second-order valence-electron chi connectivity index (χ2n) is 6.57. The summed E-state index contributed by atoms with van der Waals surface area (Å²) in [7, 11) is 4.14. The molecule has 1 aliphatic heterocycles. The third-order valence-electron chi connectivity index (χ3n) is 5.40. The molecule has 0 radical (unpaired) electrons. The zero-order valence-electron chi connectivity index (χ0n) is 12.9. The van der Waals surface area contributed by atoms with E-state index >= 15 is 0 Å². The van der Waals surface area contributed by atoms with Crippen LogP contribution in [0.25, 0.3) is 0 Å². The van der Waals surface area contributed by atoms with E-state index in [1.165, 1.54) is 57.2 Å². The Morgan fingerprint density at radius 1 is 1.25 bits per heavy atom. The number of likely N-dealkylation sites (N-methyl/N-ethyl adjacent to an activating group) is 1. The van der Waals surface area contributed by atoms with Crippen molar-refractivity contribution in [2.45, 2.75) is 56.5 Å². The molecule has 1 atom stereocenters. The van der Waals surface area contributed by atoms with Gasteiger partial charge in [0, 0.05) is 24.8 Å². The number of nitrogens with zero attached hydrogens (tertiary/aromatic N) is 3. The predicted octanol–water partition coefficient (Wildman–Crippen LogP) is 1.96. The van der Waals surface area contributed by atoms with Crippen LogP contribution in [0.2, 0.25) is 0 Å². The molecule has 1 aliphatic carbocycles. The predicted molar refractivity (Wildman–Crippen MR) is 81.8 cm³/mol. The lowest BCUT2D eigenvalue weighted by atomic mass is 9.83. The highest BCUT2D eigenvalue weighted by Gasteiger charge is 2.45. The highest BCUT2D eigenvalue weighted by molar-refractivity contribution is 5.13. The number of nitrogens with one attached hydrogen (secondary N) is 1. The Balaban J connectivity index is 1.80. The molecule has 1 aromatic heterocycles. The van der Waals surface area contributed by atoms with Crippen molar-refractivity contribution in [1.29, 1.82) is 0 Å².